The predicted molar refractivity (Wildman–Crippen MR) is 72.3 cm³/mol. The molecule has 0 saturated carbocycles. The Labute approximate surface area is 113 Å². The van der Waals surface area contributed by atoms with E-state index in [0.717, 1.165) is 11.0 Å². The largest absolute Gasteiger partial charge is 0.383 e. The highest BCUT2D eigenvalue weighted by molar-refractivity contribution is 7.98. The van der Waals surface area contributed by atoms with Crippen molar-refractivity contribution in [2.24, 2.45) is 7.05 Å². The number of rotatable bonds is 3. The van der Waals surface area contributed by atoms with Crippen molar-refractivity contribution in [1.82, 2.24) is 29.7 Å². The summed E-state index contributed by atoms with van der Waals surface area (Å²) in [7, 11) is 1.83. The summed E-state index contributed by atoms with van der Waals surface area (Å²) in [4.78, 5) is 17.0. The van der Waals surface area contributed by atoms with E-state index in [1.807, 2.05) is 7.05 Å². The summed E-state index contributed by atoms with van der Waals surface area (Å²) in [5.41, 5.74) is 6.63. The lowest BCUT2D eigenvalue weighted by Gasteiger charge is -2.02. The normalized spacial score (nSPS) is 11.0. The van der Waals surface area contributed by atoms with Crippen LogP contribution < -0.4 is 5.73 Å². The second-order valence-electron chi connectivity index (χ2n) is 3.85. The number of nitrogens with two attached hydrogens (primary N) is 1. The van der Waals surface area contributed by atoms with Crippen LogP contribution in [0.1, 0.15) is 5.82 Å². The van der Waals surface area contributed by atoms with Crippen LogP contribution in [0, 0.1) is 0 Å². The summed E-state index contributed by atoms with van der Waals surface area (Å²) in [6.45, 7) is 0. The van der Waals surface area contributed by atoms with E-state index >= 15 is 0 Å². The molecule has 3 aromatic rings. The molecule has 0 saturated heterocycles. The maximum absolute atomic E-state index is 5.89. The molecule has 19 heavy (non-hydrogen) atoms. The van der Waals surface area contributed by atoms with Gasteiger partial charge in [-0.15, -0.1) is 0 Å². The molecule has 0 fully saturated rings. The van der Waals surface area contributed by atoms with Crippen LogP contribution in [0.4, 0.5) is 5.82 Å². The summed E-state index contributed by atoms with van der Waals surface area (Å²) in [5.74, 6) is 1.66. The molecule has 2 N–H and O–H groups in total. The molecule has 0 amide bonds. The molecule has 3 heterocycles. The van der Waals surface area contributed by atoms with Gasteiger partial charge in [0.05, 0.1) is 17.3 Å². The fourth-order valence-electron chi connectivity index (χ4n) is 1.64. The average molecular weight is 273 g/mol. The maximum Gasteiger partial charge on any atom is 0.187 e. The summed E-state index contributed by atoms with van der Waals surface area (Å²) < 4.78 is 1.68. The van der Waals surface area contributed by atoms with Gasteiger partial charge in [-0.1, -0.05) is 11.8 Å². The number of anilines is 1. The Hall–Kier alpha value is -2.22. The molecule has 0 unspecified atom stereocenters. The SMILES string of the molecule is Cn1ncc2c(N)nc(CSc3ncccn3)nc21. The Balaban J connectivity index is 1.87. The van der Waals surface area contributed by atoms with E-state index in [0.29, 0.717) is 22.6 Å². The first-order valence-electron chi connectivity index (χ1n) is 5.58. The maximum atomic E-state index is 5.89. The first-order chi connectivity index (χ1) is 9.24. The molecule has 0 aromatic carbocycles. The number of hydrogen-bond acceptors (Lipinski definition) is 7. The number of fused-ring (bicyclic) bond motifs is 1. The van der Waals surface area contributed by atoms with Crippen molar-refractivity contribution in [3.63, 3.8) is 0 Å². The zero-order chi connectivity index (χ0) is 13.2. The molecule has 0 spiro atoms. The van der Waals surface area contributed by atoms with Gasteiger partial charge in [-0.05, 0) is 6.07 Å². The molecule has 3 aromatic heterocycles. The molecule has 0 aliphatic rings. The van der Waals surface area contributed by atoms with Crippen molar-refractivity contribution in [3.05, 3.63) is 30.5 Å². The van der Waals surface area contributed by atoms with Crippen molar-refractivity contribution >= 4 is 28.6 Å². The molecular weight excluding hydrogens is 262 g/mol. The number of aromatic nitrogens is 6. The van der Waals surface area contributed by atoms with E-state index < -0.39 is 0 Å². The van der Waals surface area contributed by atoms with Crippen molar-refractivity contribution < 1.29 is 0 Å². The lowest BCUT2D eigenvalue weighted by molar-refractivity contribution is 0.782. The fourth-order valence-corrected chi connectivity index (χ4v) is 2.30. The van der Waals surface area contributed by atoms with Gasteiger partial charge in [0.25, 0.3) is 0 Å². The van der Waals surface area contributed by atoms with E-state index in [1.54, 1.807) is 29.3 Å². The van der Waals surface area contributed by atoms with Crippen LogP contribution in [0.3, 0.4) is 0 Å². The molecule has 0 bridgehead atoms. The van der Waals surface area contributed by atoms with Crippen LogP contribution in [0.2, 0.25) is 0 Å². The monoisotopic (exact) mass is 273 g/mol. The molecule has 96 valence electrons. The van der Waals surface area contributed by atoms with Gasteiger partial charge in [-0.25, -0.2) is 19.9 Å². The Morgan fingerprint density at radius 2 is 2.05 bits per heavy atom. The van der Waals surface area contributed by atoms with E-state index in [-0.39, 0.29) is 0 Å². The summed E-state index contributed by atoms with van der Waals surface area (Å²) in [6.07, 6.45) is 5.08. The third-order valence-electron chi connectivity index (χ3n) is 2.54. The third kappa shape index (κ3) is 2.34. The Kier molecular flexibility index (Phi) is 3.00. The fraction of sp³-hybridized carbons (Fsp3) is 0.182. The molecule has 3 rings (SSSR count). The van der Waals surface area contributed by atoms with Gasteiger partial charge in [0, 0.05) is 19.4 Å². The van der Waals surface area contributed by atoms with Crippen LogP contribution in [-0.4, -0.2) is 29.7 Å². The second-order valence-corrected chi connectivity index (χ2v) is 4.79. The molecule has 0 aliphatic heterocycles. The van der Waals surface area contributed by atoms with Crippen molar-refractivity contribution in [1.29, 1.82) is 0 Å². The van der Waals surface area contributed by atoms with Crippen LogP contribution in [0.5, 0.6) is 0 Å². The van der Waals surface area contributed by atoms with Gasteiger partial charge >= 0.3 is 0 Å². The van der Waals surface area contributed by atoms with Crippen LogP contribution in [0.15, 0.2) is 29.8 Å². The van der Waals surface area contributed by atoms with Gasteiger partial charge in [0.2, 0.25) is 0 Å². The zero-order valence-electron chi connectivity index (χ0n) is 10.2. The third-order valence-corrected chi connectivity index (χ3v) is 3.41. The average Bonchev–Trinajstić information content (AvgIpc) is 2.80. The van der Waals surface area contributed by atoms with Crippen molar-refractivity contribution in [2.75, 3.05) is 5.73 Å². The van der Waals surface area contributed by atoms with Crippen molar-refractivity contribution in [2.45, 2.75) is 10.9 Å². The lowest BCUT2D eigenvalue weighted by Crippen LogP contribution is -2.02. The highest BCUT2D eigenvalue weighted by Gasteiger charge is 2.09. The second kappa shape index (κ2) is 4.81. The smallest absolute Gasteiger partial charge is 0.187 e. The lowest BCUT2D eigenvalue weighted by atomic mass is 10.4. The van der Waals surface area contributed by atoms with Gasteiger partial charge in [0.15, 0.2) is 10.8 Å². The highest BCUT2D eigenvalue weighted by Crippen LogP contribution is 2.20. The predicted octanol–water partition coefficient (Wildman–Crippen LogP) is 1.03. The summed E-state index contributed by atoms with van der Waals surface area (Å²) >= 11 is 1.47. The van der Waals surface area contributed by atoms with E-state index in [4.69, 9.17) is 5.73 Å². The molecule has 0 atom stereocenters. The Bertz CT molecular complexity index is 710. The highest BCUT2D eigenvalue weighted by atomic mass is 32.2. The van der Waals surface area contributed by atoms with Crippen LogP contribution in [-0.2, 0) is 12.8 Å². The van der Waals surface area contributed by atoms with Gasteiger partial charge < -0.3 is 5.73 Å². The minimum Gasteiger partial charge on any atom is -0.383 e. The number of hydrogen-bond donors (Lipinski definition) is 1. The van der Waals surface area contributed by atoms with Gasteiger partial charge in [-0.2, -0.15) is 5.10 Å². The molecule has 0 radical (unpaired) electrons. The summed E-state index contributed by atoms with van der Waals surface area (Å²) in [5, 5.41) is 5.58. The quantitative estimate of drug-likeness (QED) is 0.562. The number of nitrogens with zero attached hydrogens (tertiary/aromatic N) is 6. The van der Waals surface area contributed by atoms with Gasteiger partial charge in [0.1, 0.15) is 11.6 Å². The molecule has 8 heteroatoms. The molecular formula is C11H11N7S. The number of aryl methyl sites for hydroxylation is 1. The van der Waals surface area contributed by atoms with Crippen LogP contribution in [0.25, 0.3) is 11.0 Å². The Morgan fingerprint density at radius 1 is 1.26 bits per heavy atom. The van der Waals surface area contributed by atoms with Crippen molar-refractivity contribution in [3.8, 4) is 0 Å². The van der Waals surface area contributed by atoms with Gasteiger partial charge in [-0.3, -0.25) is 4.68 Å². The number of thioether (sulfide) groups is 1. The van der Waals surface area contributed by atoms with E-state index in [2.05, 4.69) is 25.0 Å². The topological polar surface area (TPSA) is 95.4 Å². The standard InChI is InChI=1S/C11H11N7S/c1-18-10-7(5-15-18)9(12)16-8(17-10)6-19-11-13-3-2-4-14-11/h2-5H,6H2,1H3,(H2,12,16,17). The number of nitrogen functional groups attached to an aromatic ring is 1. The first kappa shape index (κ1) is 11.8. The van der Waals surface area contributed by atoms with E-state index in [9.17, 15) is 0 Å². The summed E-state index contributed by atoms with van der Waals surface area (Å²) in [6, 6.07) is 1.78. The van der Waals surface area contributed by atoms with E-state index in [1.165, 1.54) is 11.8 Å². The minimum atomic E-state index is 0.447. The minimum absolute atomic E-state index is 0.447. The van der Waals surface area contributed by atoms with Crippen LogP contribution >= 0.6 is 11.8 Å². The molecule has 0 aliphatic carbocycles. The molecule has 7 nitrogen and oxygen atoms in total. The first-order valence-corrected chi connectivity index (χ1v) is 6.56. The Morgan fingerprint density at radius 3 is 2.84 bits per heavy atom. The zero-order valence-corrected chi connectivity index (χ0v) is 11.0.